The van der Waals surface area contributed by atoms with E-state index in [0.717, 1.165) is 36.0 Å². The highest BCUT2D eigenvalue weighted by Gasteiger charge is 2.28. The Bertz CT molecular complexity index is 687. The zero-order valence-electron chi connectivity index (χ0n) is 12.3. The first kappa shape index (κ1) is 14.4. The van der Waals surface area contributed by atoms with Crippen molar-refractivity contribution in [2.75, 3.05) is 6.54 Å². The largest absolute Gasteiger partial charge is 0.344 e. The van der Waals surface area contributed by atoms with Crippen LogP contribution < -0.4 is 11.0 Å². The summed E-state index contributed by atoms with van der Waals surface area (Å²) in [6.45, 7) is 6.09. The van der Waals surface area contributed by atoms with E-state index in [0.29, 0.717) is 6.04 Å². The van der Waals surface area contributed by atoms with Crippen LogP contribution in [0.25, 0.3) is 0 Å². The van der Waals surface area contributed by atoms with Gasteiger partial charge in [0.25, 0.3) is 0 Å². The second-order valence-electron chi connectivity index (χ2n) is 5.38. The highest BCUT2D eigenvalue weighted by Crippen LogP contribution is 2.37. The maximum absolute atomic E-state index is 11.8. The van der Waals surface area contributed by atoms with Crippen molar-refractivity contribution in [3.63, 3.8) is 0 Å². The lowest BCUT2D eigenvalue weighted by molar-refractivity contribution is 0.642. The average molecular weight is 304 g/mol. The zero-order valence-corrected chi connectivity index (χ0v) is 13.2. The van der Waals surface area contributed by atoms with Gasteiger partial charge in [-0.1, -0.05) is 13.0 Å². The van der Waals surface area contributed by atoms with Crippen LogP contribution >= 0.6 is 11.8 Å². The summed E-state index contributed by atoms with van der Waals surface area (Å²) in [6, 6.07) is 6.74. The van der Waals surface area contributed by atoms with Gasteiger partial charge in [0.2, 0.25) is 0 Å². The van der Waals surface area contributed by atoms with E-state index in [2.05, 4.69) is 47.6 Å². The Balaban J connectivity index is 1.79. The molecule has 1 heterocycles. The van der Waals surface area contributed by atoms with Gasteiger partial charge < -0.3 is 5.32 Å². The lowest BCUT2D eigenvalue weighted by Gasteiger charge is -2.09. The van der Waals surface area contributed by atoms with E-state index in [-0.39, 0.29) is 5.69 Å². The van der Waals surface area contributed by atoms with Crippen LogP contribution in [-0.4, -0.2) is 21.3 Å². The van der Waals surface area contributed by atoms with Gasteiger partial charge in [-0.2, -0.15) is 0 Å². The third-order valence-electron chi connectivity index (χ3n) is 3.67. The molecule has 1 aromatic carbocycles. The van der Waals surface area contributed by atoms with Crippen molar-refractivity contribution in [2.45, 2.75) is 49.3 Å². The third kappa shape index (κ3) is 3.22. The van der Waals surface area contributed by atoms with Crippen molar-refractivity contribution in [3.05, 3.63) is 39.8 Å². The minimum absolute atomic E-state index is 0.0968. The molecule has 0 saturated heterocycles. The maximum atomic E-state index is 11.8. The number of benzene rings is 1. The van der Waals surface area contributed by atoms with Crippen molar-refractivity contribution in [1.29, 1.82) is 0 Å². The monoisotopic (exact) mass is 304 g/mol. The average Bonchev–Trinajstić information content (AvgIpc) is 3.23. The maximum Gasteiger partial charge on any atom is 0.344 e. The minimum Gasteiger partial charge on any atom is -0.313 e. The molecule has 0 aliphatic heterocycles. The highest BCUT2D eigenvalue weighted by atomic mass is 32.2. The Morgan fingerprint density at radius 2 is 2.29 bits per heavy atom. The van der Waals surface area contributed by atoms with E-state index in [9.17, 15) is 4.79 Å². The van der Waals surface area contributed by atoms with E-state index in [1.165, 1.54) is 11.1 Å². The molecular weight excluding hydrogens is 284 g/mol. The van der Waals surface area contributed by atoms with E-state index in [1.54, 1.807) is 16.3 Å². The number of H-pyrrole nitrogens is 1. The normalized spacial score (nSPS) is 14.6. The summed E-state index contributed by atoms with van der Waals surface area (Å²) in [5.41, 5.74) is 2.47. The smallest absolute Gasteiger partial charge is 0.313 e. The van der Waals surface area contributed by atoms with Gasteiger partial charge >= 0.3 is 5.69 Å². The van der Waals surface area contributed by atoms with Crippen LogP contribution in [0.5, 0.6) is 0 Å². The molecule has 112 valence electrons. The molecule has 1 aliphatic rings. The quantitative estimate of drug-likeness (QED) is 0.860. The van der Waals surface area contributed by atoms with Crippen molar-refractivity contribution >= 4 is 11.8 Å². The van der Waals surface area contributed by atoms with E-state index >= 15 is 0 Å². The van der Waals surface area contributed by atoms with E-state index in [4.69, 9.17) is 0 Å². The summed E-state index contributed by atoms with van der Waals surface area (Å²) in [4.78, 5) is 12.9. The van der Waals surface area contributed by atoms with E-state index < -0.39 is 0 Å². The van der Waals surface area contributed by atoms with Gasteiger partial charge in [-0.25, -0.2) is 9.89 Å². The number of rotatable bonds is 6. The molecule has 21 heavy (non-hydrogen) atoms. The van der Waals surface area contributed by atoms with Crippen molar-refractivity contribution in [1.82, 2.24) is 20.1 Å². The molecular formula is C15H20N4OS. The van der Waals surface area contributed by atoms with Crippen LogP contribution in [0, 0.1) is 6.92 Å². The van der Waals surface area contributed by atoms with Crippen molar-refractivity contribution < 1.29 is 0 Å². The summed E-state index contributed by atoms with van der Waals surface area (Å²) < 4.78 is 1.78. The van der Waals surface area contributed by atoms with Gasteiger partial charge in [0, 0.05) is 17.5 Å². The third-order valence-corrected chi connectivity index (χ3v) is 4.63. The topological polar surface area (TPSA) is 62.7 Å². The molecule has 0 unspecified atom stereocenters. The molecule has 0 bridgehead atoms. The molecule has 1 aromatic heterocycles. The van der Waals surface area contributed by atoms with Gasteiger partial charge in [0.05, 0.1) is 0 Å². The molecule has 0 atom stereocenters. The fraction of sp³-hybridized carbons (Fsp3) is 0.467. The number of aromatic nitrogens is 3. The van der Waals surface area contributed by atoms with Gasteiger partial charge in [-0.3, -0.25) is 4.57 Å². The summed E-state index contributed by atoms with van der Waals surface area (Å²) in [6.07, 6.45) is 2.15. The molecule has 0 amide bonds. The van der Waals surface area contributed by atoms with Crippen LogP contribution in [0.2, 0.25) is 0 Å². The van der Waals surface area contributed by atoms with Gasteiger partial charge in [0.15, 0.2) is 5.16 Å². The van der Waals surface area contributed by atoms with Crippen LogP contribution in [0.1, 0.15) is 36.9 Å². The molecule has 3 rings (SSSR count). The number of hydrogen-bond donors (Lipinski definition) is 2. The Kier molecular flexibility index (Phi) is 4.17. The van der Waals surface area contributed by atoms with Crippen molar-refractivity contribution in [2.24, 2.45) is 0 Å². The first-order chi connectivity index (χ1) is 10.2. The molecule has 1 aliphatic carbocycles. The van der Waals surface area contributed by atoms with Crippen LogP contribution in [-0.2, 0) is 6.54 Å². The lowest BCUT2D eigenvalue weighted by Crippen LogP contribution is -2.16. The number of aromatic amines is 1. The lowest BCUT2D eigenvalue weighted by atomic mass is 10.1. The number of aryl methyl sites for hydroxylation is 1. The SMILES string of the molecule is CCNCc1ccc(Sc2n[nH]c(=O)n2C2CC2)cc1C. The van der Waals surface area contributed by atoms with E-state index in [1.807, 2.05) is 0 Å². The molecule has 1 saturated carbocycles. The predicted octanol–water partition coefficient (Wildman–Crippen LogP) is 2.48. The molecule has 5 nitrogen and oxygen atoms in total. The highest BCUT2D eigenvalue weighted by molar-refractivity contribution is 7.99. The van der Waals surface area contributed by atoms with Gasteiger partial charge in [0.1, 0.15) is 0 Å². The second kappa shape index (κ2) is 6.07. The molecule has 2 aromatic rings. The first-order valence-corrected chi connectivity index (χ1v) is 8.15. The molecule has 6 heteroatoms. The van der Waals surface area contributed by atoms with Crippen LogP contribution in [0.3, 0.4) is 0 Å². The fourth-order valence-corrected chi connectivity index (χ4v) is 3.32. The molecule has 0 radical (unpaired) electrons. The minimum atomic E-state index is -0.0968. The van der Waals surface area contributed by atoms with Crippen LogP contribution in [0.15, 0.2) is 33.0 Å². The molecule has 1 fully saturated rings. The summed E-state index contributed by atoms with van der Waals surface area (Å²) in [5, 5.41) is 10.8. The summed E-state index contributed by atoms with van der Waals surface area (Å²) in [7, 11) is 0. The Morgan fingerprint density at radius 3 is 2.95 bits per heavy atom. The fourth-order valence-electron chi connectivity index (χ4n) is 2.31. The second-order valence-corrected chi connectivity index (χ2v) is 6.42. The Labute approximate surface area is 128 Å². The van der Waals surface area contributed by atoms with Crippen LogP contribution in [0.4, 0.5) is 0 Å². The molecule has 2 N–H and O–H groups in total. The zero-order chi connectivity index (χ0) is 14.8. The standard InChI is InChI=1S/C15H20N4OS/c1-3-16-9-11-4-7-13(8-10(11)2)21-15-18-17-14(20)19(15)12-5-6-12/h4,7-8,12,16H,3,5-6,9H2,1-2H3,(H,17,20). The predicted molar refractivity (Wildman–Crippen MR) is 83.8 cm³/mol. The number of nitrogens with one attached hydrogen (secondary N) is 2. The number of nitrogens with zero attached hydrogens (tertiary/aromatic N) is 2. The summed E-state index contributed by atoms with van der Waals surface area (Å²) >= 11 is 1.55. The van der Waals surface area contributed by atoms with Gasteiger partial charge in [-0.05, 0) is 61.3 Å². The first-order valence-electron chi connectivity index (χ1n) is 7.34. The number of hydrogen-bond acceptors (Lipinski definition) is 4. The summed E-state index contributed by atoms with van der Waals surface area (Å²) in [5.74, 6) is 0. The molecule has 0 spiro atoms. The Morgan fingerprint density at radius 1 is 1.48 bits per heavy atom. The van der Waals surface area contributed by atoms with Gasteiger partial charge in [-0.15, -0.1) is 5.10 Å². The van der Waals surface area contributed by atoms with Crippen molar-refractivity contribution in [3.8, 4) is 0 Å². The Hall–Kier alpha value is -1.53.